The second-order valence-corrected chi connectivity index (χ2v) is 6.07. The molecule has 5 nitrogen and oxygen atoms in total. The number of hydrogen-bond acceptors (Lipinski definition) is 6. The lowest BCUT2D eigenvalue weighted by atomic mass is 10.2. The highest BCUT2D eigenvalue weighted by molar-refractivity contribution is 8.07. The molecule has 0 aromatic carbocycles. The second kappa shape index (κ2) is 4.52. The second-order valence-electron chi connectivity index (χ2n) is 3.33. The van der Waals surface area contributed by atoms with Crippen LogP contribution in [0.25, 0.3) is 0 Å². The maximum Gasteiger partial charge on any atom is 0.241 e. The molecule has 2 atom stereocenters. The normalized spacial score (nSPS) is 26.5. The van der Waals surface area contributed by atoms with Crippen LogP contribution >= 0.6 is 23.5 Å². The number of aryl methyl sites for hydroxylation is 1. The summed E-state index contributed by atoms with van der Waals surface area (Å²) in [6.07, 6.45) is 0. The fraction of sp³-hybridized carbons (Fsp3) is 0.750. The third kappa shape index (κ3) is 2.34. The molecule has 0 saturated carbocycles. The standard InChI is InChI=1S/C8H12N4OS2/c1-5-7(15-4-3-14-5)6(13)8-9-11-12(2)10-8/h5,7H,3-4H2,1-2H3. The number of hydrogen-bond donors (Lipinski definition) is 0. The van der Waals surface area contributed by atoms with E-state index in [-0.39, 0.29) is 16.9 Å². The van der Waals surface area contributed by atoms with Gasteiger partial charge in [0.05, 0.1) is 12.3 Å². The van der Waals surface area contributed by atoms with E-state index >= 15 is 0 Å². The number of nitrogens with zero attached hydrogens (tertiary/aromatic N) is 4. The van der Waals surface area contributed by atoms with Gasteiger partial charge in [-0.3, -0.25) is 4.79 Å². The summed E-state index contributed by atoms with van der Waals surface area (Å²) in [7, 11) is 1.66. The molecule has 1 aliphatic rings. The predicted octanol–water partition coefficient (Wildman–Crippen LogP) is 0.630. The number of ketones is 1. The molecule has 1 aliphatic heterocycles. The van der Waals surface area contributed by atoms with Crippen molar-refractivity contribution in [3.63, 3.8) is 0 Å². The summed E-state index contributed by atoms with van der Waals surface area (Å²) in [6, 6.07) is 0. The lowest BCUT2D eigenvalue weighted by molar-refractivity contribution is 0.0979. The Kier molecular flexibility index (Phi) is 3.30. The summed E-state index contributed by atoms with van der Waals surface area (Å²) in [5.74, 6) is 2.38. The van der Waals surface area contributed by atoms with Crippen molar-refractivity contribution in [2.75, 3.05) is 11.5 Å². The number of rotatable bonds is 2. The third-order valence-corrected chi connectivity index (χ3v) is 5.26. The zero-order valence-corrected chi connectivity index (χ0v) is 10.2. The molecule has 1 aromatic rings. The maximum atomic E-state index is 12.0. The Hall–Kier alpha value is -0.560. The van der Waals surface area contributed by atoms with Crippen LogP contribution in [0.15, 0.2) is 0 Å². The summed E-state index contributed by atoms with van der Waals surface area (Å²) in [6.45, 7) is 2.08. The van der Waals surface area contributed by atoms with E-state index in [1.54, 1.807) is 18.8 Å². The van der Waals surface area contributed by atoms with Crippen LogP contribution in [0.2, 0.25) is 0 Å². The van der Waals surface area contributed by atoms with Gasteiger partial charge in [-0.1, -0.05) is 6.92 Å². The highest BCUT2D eigenvalue weighted by Crippen LogP contribution is 2.32. The first-order valence-corrected chi connectivity index (χ1v) is 6.79. The van der Waals surface area contributed by atoms with Crippen LogP contribution in [0.3, 0.4) is 0 Å². The molecule has 0 bridgehead atoms. The van der Waals surface area contributed by atoms with Crippen molar-refractivity contribution in [3.8, 4) is 0 Å². The molecule has 82 valence electrons. The molecule has 2 unspecified atom stereocenters. The van der Waals surface area contributed by atoms with Crippen LogP contribution in [0.4, 0.5) is 0 Å². The molecule has 1 saturated heterocycles. The quantitative estimate of drug-likeness (QED) is 0.711. The van der Waals surface area contributed by atoms with Crippen LogP contribution in [0.1, 0.15) is 17.5 Å². The van der Waals surface area contributed by atoms with Crippen molar-refractivity contribution in [3.05, 3.63) is 5.82 Å². The zero-order valence-electron chi connectivity index (χ0n) is 8.58. The Morgan fingerprint density at radius 2 is 2.20 bits per heavy atom. The van der Waals surface area contributed by atoms with Gasteiger partial charge in [0.1, 0.15) is 0 Å². The maximum absolute atomic E-state index is 12.0. The summed E-state index contributed by atoms with van der Waals surface area (Å²) >= 11 is 3.53. The molecule has 15 heavy (non-hydrogen) atoms. The molecule has 0 N–H and O–H groups in total. The molecule has 1 aromatic heterocycles. The van der Waals surface area contributed by atoms with Crippen molar-refractivity contribution in [2.24, 2.45) is 7.05 Å². The SMILES string of the molecule is CC1SCCSC1C(=O)c1nnn(C)n1. The van der Waals surface area contributed by atoms with E-state index in [4.69, 9.17) is 0 Å². The first kappa shape index (κ1) is 10.9. The summed E-state index contributed by atoms with van der Waals surface area (Å²) < 4.78 is 0. The van der Waals surface area contributed by atoms with E-state index in [9.17, 15) is 4.79 Å². The predicted molar refractivity (Wildman–Crippen MR) is 61.3 cm³/mol. The Labute approximate surface area is 96.4 Å². The van der Waals surface area contributed by atoms with Crippen molar-refractivity contribution < 1.29 is 4.79 Å². The molecule has 0 amide bonds. The van der Waals surface area contributed by atoms with E-state index in [0.717, 1.165) is 11.5 Å². The third-order valence-electron chi connectivity index (χ3n) is 2.17. The average Bonchev–Trinajstić information content (AvgIpc) is 2.65. The monoisotopic (exact) mass is 244 g/mol. The topological polar surface area (TPSA) is 60.7 Å². The largest absolute Gasteiger partial charge is 0.289 e. The van der Waals surface area contributed by atoms with Gasteiger partial charge in [-0.25, -0.2) is 0 Å². The fourth-order valence-electron chi connectivity index (χ4n) is 1.43. The summed E-state index contributed by atoms with van der Waals surface area (Å²) in [4.78, 5) is 13.3. The van der Waals surface area contributed by atoms with Gasteiger partial charge >= 0.3 is 0 Å². The van der Waals surface area contributed by atoms with Gasteiger partial charge in [-0.2, -0.15) is 16.6 Å². The van der Waals surface area contributed by atoms with Crippen molar-refractivity contribution in [1.29, 1.82) is 0 Å². The number of carbonyl (C=O) groups is 1. The van der Waals surface area contributed by atoms with E-state index < -0.39 is 0 Å². The number of thioether (sulfide) groups is 2. The number of aromatic nitrogens is 4. The highest BCUT2D eigenvalue weighted by Gasteiger charge is 2.32. The van der Waals surface area contributed by atoms with Crippen molar-refractivity contribution in [1.82, 2.24) is 20.2 Å². The molecule has 0 aliphatic carbocycles. The average molecular weight is 244 g/mol. The van der Waals surface area contributed by atoms with Crippen LogP contribution in [-0.2, 0) is 7.05 Å². The van der Waals surface area contributed by atoms with Gasteiger partial charge < -0.3 is 0 Å². The van der Waals surface area contributed by atoms with E-state index in [1.807, 2.05) is 11.8 Å². The highest BCUT2D eigenvalue weighted by atomic mass is 32.2. The van der Waals surface area contributed by atoms with Crippen molar-refractivity contribution >= 4 is 29.3 Å². The Bertz CT molecular complexity index is 367. The minimum Gasteiger partial charge on any atom is -0.289 e. The molecule has 2 heterocycles. The van der Waals surface area contributed by atoms with Gasteiger partial charge in [0.25, 0.3) is 0 Å². The Balaban J connectivity index is 2.13. The summed E-state index contributed by atoms with van der Waals surface area (Å²) in [5, 5.41) is 11.7. The van der Waals surface area contributed by atoms with Crippen LogP contribution in [0.5, 0.6) is 0 Å². The lowest BCUT2D eigenvalue weighted by Gasteiger charge is -2.25. The smallest absolute Gasteiger partial charge is 0.241 e. The fourth-order valence-corrected chi connectivity index (χ4v) is 4.12. The van der Waals surface area contributed by atoms with Gasteiger partial charge in [0, 0.05) is 16.8 Å². The van der Waals surface area contributed by atoms with Gasteiger partial charge in [-0.15, -0.1) is 22.0 Å². The molecule has 0 radical (unpaired) electrons. The van der Waals surface area contributed by atoms with Crippen molar-refractivity contribution in [2.45, 2.75) is 17.4 Å². The molecular weight excluding hydrogens is 232 g/mol. The van der Waals surface area contributed by atoms with E-state index in [2.05, 4.69) is 22.3 Å². The first-order chi connectivity index (χ1) is 7.18. The lowest BCUT2D eigenvalue weighted by Crippen LogP contribution is -2.31. The molecule has 7 heteroatoms. The van der Waals surface area contributed by atoms with E-state index in [0.29, 0.717) is 5.25 Å². The van der Waals surface area contributed by atoms with E-state index in [1.165, 1.54) is 4.80 Å². The number of tetrazole rings is 1. The van der Waals surface area contributed by atoms with Crippen LogP contribution < -0.4 is 0 Å². The minimum atomic E-state index is -0.0204. The molecular formula is C8H12N4OS2. The van der Waals surface area contributed by atoms with Gasteiger partial charge in [0.2, 0.25) is 11.6 Å². The molecule has 1 fully saturated rings. The molecule has 0 spiro atoms. The van der Waals surface area contributed by atoms with Crippen LogP contribution in [-0.4, -0.2) is 48.0 Å². The Morgan fingerprint density at radius 1 is 1.47 bits per heavy atom. The van der Waals surface area contributed by atoms with Gasteiger partial charge in [-0.05, 0) is 5.21 Å². The summed E-state index contributed by atoms with van der Waals surface area (Å²) in [5.41, 5.74) is 0. The Morgan fingerprint density at radius 3 is 2.80 bits per heavy atom. The minimum absolute atomic E-state index is 0.00722. The number of Topliss-reactive ketones (excluding diaryl/α,β-unsaturated/α-hetero) is 1. The van der Waals surface area contributed by atoms with Crippen LogP contribution in [0, 0.1) is 0 Å². The van der Waals surface area contributed by atoms with Gasteiger partial charge in [0.15, 0.2) is 0 Å². The molecule has 2 rings (SSSR count). The number of carbonyl (C=O) groups excluding carboxylic acids is 1. The zero-order chi connectivity index (χ0) is 10.8. The first-order valence-electron chi connectivity index (χ1n) is 4.70.